The smallest absolute Gasteiger partial charge is 0.277 e. The first-order chi connectivity index (χ1) is 14.0. The van der Waals surface area contributed by atoms with E-state index in [0.29, 0.717) is 36.0 Å². The molecule has 0 atom stereocenters. The Kier molecular flexibility index (Phi) is 6.99. The van der Waals surface area contributed by atoms with Gasteiger partial charge in [-0.1, -0.05) is 29.8 Å². The zero-order valence-electron chi connectivity index (χ0n) is 15.3. The van der Waals surface area contributed by atoms with Crippen molar-refractivity contribution in [3.8, 4) is 5.75 Å². The molecule has 1 heterocycles. The first-order valence-electron chi connectivity index (χ1n) is 8.76. The van der Waals surface area contributed by atoms with Gasteiger partial charge in [0.05, 0.1) is 5.02 Å². The molecular weight excluding hydrogens is 401 g/mol. The molecule has 29 heavy (non-hydrogen) atoms. The minimum atomic E-state index is -0.451. The van der Waals surface area contributed by atoms with Gasteiger partial charge in [0.15, 0.2) is 0 Å². The average Bonchev–Trinajstić information content (AvgIpc) is 3.13. The molecule has 0 bridgehead atoms. The highest BCUT2D eigenvalue weighted by molar-refractivity contribution is 6.31. The molecule has 8 nitrogen and oxygen atoms in total. The van der Waals surface area contributed by atoms with Crippen molar-refractivity contribution in [1.82, 2.24) is 20.9 Å². The Hall–Kier alpha value is -3.17. The van der Waals surface area contributed by atoms with Crippen LogP contribution >= 0.6 is 11.6 Å². The normalized spacial score (nSPS) is 10.7. The summed E-state index contributed by atoms with van der Waals surface area (Å²) in [5, 5.41) is 13.0. The van der Waals surface area contributed by atoms with Gasteiger partial charge in [0, 0.05) is 25.2 Å². The van der Waals surface area contributed by atoms with Crippen LogP contribution in [0.3, 0.4) is 0 Å². The molecule has 0 saturated carbocycles. The van der Waals surface area contributed by atoms with Gasteiger partial charge in [-0.05, 0) is 40.1 Å². The standard InChI is InChI=1S/C19H19ClFN5O3/c20-15-5-2-6-16(21)14(15)11-28-13-4-1-3-12(9-13)10-23-7-8-24-19(27)17-18(22)26-29-25-17/h1-6,9,23H,7-8,10-11H2,(H2,22,26)(H,24,27). The predicted molar refractivity (Wildman–Crippen MR) is 105 cm³/mol. The first kappa shape index (κ1) is 20.6. The number of ether oxygens (including phenoxy) is 1. The highest BCUT2D eigenvalue weighted by Gasteiger charge is 2.14. The summed E-state index contributed by atoms with van der Waals surface area (Å²) in [6.45, 7) is 1.48. The summed E-state index contributed by atoms with van der Waals surface area (Å²) in [4.78, 5) is 11.8. The molecule has 3 rings (SSSR count). The monoisotopic (exact) mass is 419 g/mol. The summed E-state index contributed by atoms with van der Waals surface area (Å²) in [6, 6.07) is 11.9. The van der Waals surface area contributed by atoms with Crippen molar-refractivity contribution < 1.29 is 18.6 Å². The van der Waals surface area contributed by atoms with Gasteiger partial charge in [0.1, 0.15) is 18.2 Å². The molecule has 0 radical (unpaired) electrons. The third kappa shape index (κ3) is 5.66. The summed E-state index contributed by atoms with van der Waals surface area (Å²) >= 11 is 6.01. The average molecular weight is 420 g/mol. The van der Waals surface area contributed by atoms with Crippen LogP contribution in [0, 0.1) is 5.82 Å². The van der Waals surface area contributed by atoms with Gasteiger partial charge in [0.2, 0.25) is 11.5 Å². The van der Waals surface area contributed by atoms with Crippen LogP contribution in [0.2, 0.25) is 5.02 Å². The molecule has 0 aliphatic carbocycles. The second-order valence-electron chi connectivity index (χ2n) is 6.07. The van der Waals surface area contributed by atoms with E-state index in [0.717, 1.165) is 5.56 Å². The molecule has 0 spiro atoms. The number of nitrogen functional groups attached to an aromatic ring is 1. The summed E-state index contributed by atoms with van der Waals surface area (Å²) in [5.41, 5.74) is 6.71. The molecule has 0 fully saturated rings. The van der Waals surface area contributed by atoms with Crippen molar-refractivity contribution >= 4 is 23.3 Å². The number of hydrogen-bond donors (Lipinski definition) is 3. The molecule has 0 aliphatic heterocycles. The number of nitrogens with zero attached hydrogens (tertiary/aromatic N) is 2. The molecule has 0 aliphatic rings. The van der Waals surface area contributed by atoms with Crippen molar-refractivity contribution in [3.05, 3.63) is 70.1 Å². The molecule has 0 saturated heterocycles. The Morgan fingerprint density at radius 2 is 2.03 bits per heavy atom. The van der Waals surface area contributed by atoms with Gasteiger partial charge in [-0.2, -0.15) is 0 Å². The molecule has 1 aromatic heterocycles. The zero-order chi connectivity index (χ0) is 20.6. The summed E-state index contributed by atoms with van der Waals surface area (Å²) in [7, 11) is 0. The number of benzene rings is 2. The number of nitrogens with one attached hydrogen (secondary N) is 2. The van der Waals surface area contributed by atoms with Crippen molar-refractivity contribution in [2.24, 2.45) is 0 Å². The largest absolute Gasteiger partial charge is 0.489 e. The molecule has 4 N–H and O–H groups in total. The Bertz CT molecular complexity index is 962. The maximum atomic E-state index is 13.8. The lowest BCUT2D eigenvalue weighted by molar-refractivity contribution is 0.0944. The van der Waals surface area contributed by atoms with Crippen molar-refractivity contribution in [3.63, 3.8) is 0 Å². The van der Waals surface area contributed by atoms with Crippen molar-refractivity contribution in [2.45, 2.75) is 13.2 Å². The van der Waals surface area contributed by atoms with Gasteiger partial charge < -0.3 is 21.1 Å². The fourth-order valence-corrected chi connectivity index (χ4v) is 2.72. The predicted octanol–water partition coefficient (Wildman–Crippen LogP) is 2.54. The third-order valence-corrected chi connectivity index (χ3v) is 4.34. The number of carbonyl (C=O) groups is 1. The van der Waals surface area contributed by atoms with E-state index in [2.05, 4.69) is 25.6 Å². The summed E-state index contributed by atoms with van der Waals surface area (Å²) < 4.78 is 23.9. The molecule has 10 heteroatoms. The van der Waals surface area contributed by atoms with E-state index in [1.165, 1.54) is 6.07 Å². The highest BCUT2D eigenvalue weighted by Crippen LogP contribution is 2.22. The maximum absolute atomic E-state index is 13.8. The molecular formula is C19H19ClFN5O3. The van der Waals surface area contributed by atoms with Crippen LogP contribution in [0.5, 0.6) is 5.75 Å². The van der Waals surface area contributed by atoms with E-state index >= 15 is 0 Å². The van der Waals surface area contributed by atoms with Crippen LogP contribution in [-0.2, 0) is 13.2 Å². The number of halogens is 2. The lowest BCUT2D eigenvalue weighted by Gasteiger charge is -2.11. The second-order valence-corrected chi connectivity index (χ2v) is 6.47. The van der Waals surface area contributed by atoms with Crippen LogP contribution in [-0.4, -0.2) is 29.3 Å². The van der Waals surface area contributed by atoms with Gasteiger partial charge in [-0.25, -0.2) is 9.02 Å². The highest BCUT2D eigenvalue weighted by atomic mass is 35.5. The number of carbonyl (C=O) groups excluding carboxylic acids is 1. The Balaban J connectivity index is 1.43. The minimum Gasteiger partial charge on any atom is -0.489 e. The number of amides is 1. The van der Waals surface area contributed by atoms with Gasteiger partial charge in [-0.15, -0.1) is 0 Å². The van der Waals surface area contributed by atoms with E-state index in [4.69, 9.17) is 22.1 Å². The molecule has 0 unspecified atom stereocenters. The van der Waals surface area contributed by atoms with Gasteiger partial charge in [0.25, 0.3) is 5.91 Å². The minimum absolute atomic E-state index is 0.0362. The van der Waals surface area contributed by atoms with Crippen LogP contribution in [0.1, 0.15) is 21.6 Å². The van der Waals surface area contributed by atoms with Gasteiger partial charge >= 0.3 is 0 Å². The van der Waals surface area contributed by atoms with Crippen LogP contribution in [0.15, 0.2) is 47.1 Å². The van der Waals surface area contributed by atoms with E-state index in [9.17, 15) is 9.18 Å². The third-order valence-electron chi connectivity index (χ3n) is 3.99. The SMILES string of the molecule is Nc1nonc1C(=O)NCCNCc1cccc(OCc2c(F)cccc2Cl)c1. The van der Waals surface area contributed by atoms with E-state index < -0.39 is 11.7 Å². The molecule has 152 valence electrons. The number of aromatic nitrogens is 2. The first-order valence-corrected chi connectivity index (χ1v) is 9.14. The van der Waals surface area contributed by atoms with Crippen molar-refractivity contribution in [1.29, 1.82) is 0 Å². The lowest BCUT2D eigenvalue weighted by Crippen LogP contribution is -2.32. The van der Waals surface area contributed by atoms with Crippen molar-refractivity contribution in [2.75, 3.05) is 18.8 Å². The number of hydrogen-bond acceptors (Lipinski definition) is 7. The van der Waals surface area contributed by atoms with Crippen LogP contribution in [0.25, 0.3) is 0 Å². The quantitative estimate of drug-likeness (QED) is 0.456. The number of anilines is 1. The van der Waals surface area contributed by atoms with Crippen LogP contribution in [0.4, 0.5) is 10.2 Å². The zero-order valence-corrected chi connectivity index (χ0v) is 16.1. The molecule has 1 amide bonds. The van der Waals surface area contributed by atoms with E-state index in [1.807, 2.05) is 18.2 Å². The van der Waals surface area contributed by atoms with Gasteiger partial charge in [-0.3, -0.25) is 4.79 Å². The van der Waals surface area contributed by atoms with E-state index in [1.54, 1.807) is 18.2 Å². The maximum Gasteiger partial charge on any atom is 0.277 e. The Labute approximate surface area is 171 Å². The summed E-state index contributed by atoms with van der Waals surface area (Å²) in [6.07, 6.45) is 0. The topological polar surface area (TPSA) is 115 Å². The number of rotatable bonds is 9. The Morgan fingerprint density at radius 1 is 1.21 bits per heavy atom. The second kappa shape index (κ2) is 9.85. The fraction of sp³-hybridized carbons (Fsp3) is 0.211. The van der Waals surface area contributed by atoms with Crippen LogP contribution < -0.4 is 21.1 Å². The number of nitrogens with two attached hydrogens (primary N) is 1. The molecule has 3 aromatic rings. The van der Waals surface area contributed by atoms with E-state index in [-0.39, 0.29) is 18.1 Å². The molecule has 2 aromatic carbocycles. The summed E-state index contributed by atoms with van der Waals surface area (Å²) in [5.74, 6) is -0.303. The lowest BCUT2D eigenvalue weighted by atomic mass is 10.2. The Morgan fingerprint density at radius 3 is 2.79 bits per heavy atom. The fourth-order valence-electron chi connectivity index (χ4n) is 2.50.